The Morgan fingerprint density at radius 3 is 2.85 bits per heavy atom. The number of aromatic amines is 1. The van der Waals surface area contributed by atoms with Crippen molar-refractivity contribution in [2.24, 2.45) is 0 Å². The van der Waals surface area contributed by atoms with Crippen molar-refractivity contribution in [2.75, 3.05) is 12.5 Å². The van der Waals surface area contributed by atoms with E-state index in [1.54, 1.807) is 12.1 Å². The van der Waals surface area contributed by atoms with Crippen LogP contribution >= 0.6 is 11.6 Å². The average Bonchev–Trinajstić information content (AvgIpc) is 2.82. The fourth-order valence-corrected chi connectivity index (χ4v) is 2.28. The van der Waals surface area contributed by atoms with E-state index in [-0.39, 0.29) is 19.2 Å². The molecule has 0 fully saturated rings. The van der Waals surface area contributed by atoms with Gasteiger partial charge < -0.3 is 15.2 Å². The quantitative estimate of drug-likeness (QED) is 0.843. The van der Waals surface area contributed by atoms with E-state index in [0.29, 0.717) is 22.1 Å². The van der Waals surface area contributed by atoms with E-state index in [0.717, 1.165) is 6.07 Å². The normalized spacial score (nSPS) is 12.7. The highest BCUT2D eigenvalue weighted by Crippen LogP contribution is 2.39. The summed E-state index contributed by atoms with van der Waals surface area (Å²) in [6, 6.07) is 4.52. The molecule has 0 unspecified atom stereocenters. The van der Waals surface area contributed by atoms with E-state index in [1.807, 2.05) is 0 Å². The molecule has 1 aromatic heterocycles. The molecule has 3 rings (SSSR count). The number of halogens is 1. The number of nitrogens with one attached hydrogen (secondary N) is 1. The molecule has 0 atom stereocenters. The first-order chi connectivity index (χ1) is 9.54. The molecule has 0 amide bonds. The Bertz CT molecular complexity index is 796. The number of aromatic nitrogens is 2. The Kier molecular flexibility index (Phi) is 2.90. The van der Waals surface area contributed by atoms with Gasteiger partial charge in [0.2, 0.25) is 6.79 Å². The highest BCUT2D eigenvalue weighted by atomic mass is 35.5. The van der Waals surface area contributed by atoms with Crippen molar-refractivity contribution in [1.82, 2.24) is 9.55 Å². The van der Waals surface area contributed by atoms with Crippen LogP contribution in [0.25, 0.3) is 0 Å². The van der Waals surface area contributed by atoms with E-state index < -0.39 is 11.2 Å². The number of nitrogens with two attached hydrogens (primary N) is 1. The van der Waals surface area contributed by atoms with Crippen LogP contribution in [0.2, 0.25) is 5.02 Å². The Morgan fingerprint density at radius 1 is 1.30 bits per heavy atom. The van der Waals surface area contributed by atoms with Crippen molar-refractivity contribution in [1.29, 1.82) is 0 Å². The van der Waals surface area contributed by atoms with Crippen LogP contribution in [0.5, 0.6) is 11.5 Å². The van der Waals surface area contributed by atoms with Gasteiger partial charge in [-0.3, -0.25) is 14.3 Å². The molecule has 0 spiro atoms. The van der Waals surface area contributed by atoms with Crippen LogP contribution in [0.4, 0.5) is 5.82 Å². The first-order valence-electron chi connectivity index (χ1n) is 5.72. The lowest BCUT2D eigenvalue weighted by Crippen LogP contribution is -2.31. The van der Waals surface area contributed by atoms with E-state index in [2.05, 4.69) is 4.98 Å². The zero-order valence-electron chi connectivity index (χ0n) is 10.2. The third kappa shape index (κ3) is 2.12. The average molecular weight is 296 g/mol. The Morgan fingerprint density at radius 2 is 2.10 bits per heavy atom. The minimum Gasteiger partial charge on any atom is -0.454 e. The van der Waals surface area contributed by atoms with Gasteiger partial charge in [-0.15, -0.1) is 0 Å². The van der Waals surface area contributed by atoms with Gasteiger partial charge in [0.1, 0.15) is 5.82 Å². The van der Waals surface area contributed by atoms with Crippen LogP contribution in [0.15, 0.2) is 27.8 Å². The zero-order valence-corrected chi connectivity index (χ0v) is 10.9. The van der Waals surface area contributed by atoms with Crippen molar-refractivity contribution in [2.45, 2.75) is 6.54 Å². The summed E-state index contributed by atoms with van der Waals surface area (Å²) in [7, 11) is 0. The Balaban J connectivity index is 2.03. The molecule has 1 aliphatic heterocycles. The van der Waals surface area contributed by atoms with Gasteiger partial charge in [0.05, 0.1) is 11.6 Å². The lowest BCUT2D eigenvalue weighted by atomic mass is 10.2. The third-order valence-electron chi connectivity index (χ3n) is 2.89. The van der Waals surface area contributed by atoms with Crippen LogP contribution in [-0.2, 0) is 6.54 Å². The lowest BCUT2D eigenvalue weighted by molar-refractivity contribution is 0.174. The number of nitrogen functional groups attached to an aromatic ring is 1. The molecule has 0 radical (unpaired) electrons. The van der Waals surface area contributed by atoms with Gasteiger partial charge in [-0.25, -0.2) is 4.79 Å². The molecular formula is C12H10ClN3O4. The van der Waals surface area contributed by atoms with Crippen molar-refractivity contribution in [3.05, 3.63) is 49.6 Å². The molecule has 1 aromatic carbocycles. The van der Waals surface area contributed by atoms with Crippen molar-refractivity contribution >= 4 is 17.4 Å². The SMILES string of the molecule is Nc1cc(=O)[nH]c(=O)n1Cc1cc(Cl)c2c(c1)OCO2. The standard InChI is InChI=1S/C12H10ClN3O4/c13-7-1-6(2-8-11(7)20-5-19-8)4-16-9(14)3-10(17)15-12(16)18/h1-3H,4-5,14H2,(H,15,17,18). The molecule has 0 saturated carbocycles. The summed E-state index contributed by atoms with van der Waals surface area (Å²) in [4.78, 5) is 25.0. The van der Waals surface area contributed by atoms with Gasteiger partial charge in [0, 0.05) is 6.07 Å². The molecule has 0 saturated heterocycles. The van der Waals surface area contributed by atoms with Crippen LogP contribution in [0, 0.1) is 0 Å². The maximum atomic E-state index is 11.7. The van der Waals surface area contributed by atoms with Crippen molar-refractivity contribution in [3.63, 3.8) is 0 Å². The number of hydrogen-bond acceptors (Lipinski definition) is 5. The fraction of sp³-hybridized carbons (Fsp3) is 0.167. The summed E-state index contributed by atoms with van der Waals surface area (Å²) in [5.74, 6) is 1.08. The van der Waals surface area contributed by atoms with Gasteiger partial charge in [0.25, 0.3) is 5.56 Å². The second kappa shape index (κ2) is 4.61. The summed E-state index contributed by atoms with van der Waals surface area (Å²) in [5.41, 5.74) is 5.27. The maximum Gasteiger partial charge on any atom is 0.330 e. The molecule has 104 valence electrons. The predicted molar refractivity (Wildman–Crippen MR) is 72.4 cm³/mol. The van der Waals surface area contributed by atoms with Crippen molar-refractivity contribution < 1.29 is 9.47 Å². The topological polar surface area (TPSA) is 99.3 Å². The predicted octanol–water partition coefficient (Wildman–Crippen LogP) is 0.549. The summed E-state index contributed by atoms with van der Waals surface area (Å²) >= 11 is 6.06. The summed E-state index contributed by atoms with van der Waals surface area (Å²) < 4.78 is 11.7. The van der Waals surface area contributed by atoms with Crippen LogP contribution < -0.4 is 26.5 Å². The number of hydrogen-bond donors (Lipinski definition) is 2. The zero-order chi connectivity index (χ0) is 14.3. The van der Waals surface area contributed by atoms with Crippen molar-refractivity contribution in [3.8, 4) is 11.5 Å². The summed E-state index contributed by atoms with van der Waals surface area (Å²) in [6.45, 7) is 0.275. The molecule has 0 aliphatic carbocycles. The smallest absolute Gasteiger partial charge is 0.330 e. The maximum absolute atomic E-state index is 11.7. The highest BCUT2D eigenvalue weighted by molar-refractivity contribution is 6.32. The Hall–Kier alpha value is -2.41. The molecule has 2 aromatic rings. The van der Waals surface area contributed by atoms with E-state index in [9.17, 15) is 9.59 Å². The first-order valence-corrected chi connectivity index (χ1v) is 6.10. The fourth-order valence-electron chi connectivity index (χ4n) is 2.00. The number of fused-ring (bicyclic) bond motifs is 1. The number of anilines is 1. The van der Waals surface area contributed by atoms with Crippen LogP contribution in [0.1, 0.15) is 5.56 Å². The minimum absolute atomic E-state index is 0.0764. The van der Waals surface area contributed by atoms with E-state index >= 15 is 0 Å². The molecule has 2 heterocycles. The molecular weight excluding hydrogens is 286 g/mol. The molecule has 0 bridgehead atoms. The van der Waals surface area contributed by atoms with Crippen LogP contribution in [0.3, 0.4) is 0 Å². The monoisotopic (exact) mass is 295 g/mol. The van der Waals surface area contributed by atoms with Gasteiger partial charge in [-0.05, 0) is 17.7 Å². The first kappa shape index (κ1) is 12.6. The second-order valence-corrected chi connectivity index (χ2v) is 4.67. The summed E-state index contributed by atoms with van der Waals surface area (Å²) in [6.07, 6.45) is 0. The minimum atomic E-state index is -0.580. The van der Waals surface area contributed by atoms with Crippen LogP contribution in [-0.4, -0.2) is 16.3 Å². The number of nitrogens with zero attached hydrogens (tertiary/aromatic N) is 1. The molecule has 20 heavy (non-hydrogen) atoms. The number of H-pyrrole nitrogens is 1. The molecule has 1 aliphatic rings. The van der Waals surface area contributed by atoms with Gasteiger partial charge >= 0.3 is 5.69 Å². The molecule has 8 heteroatoms. The number of benzene rings is 1. The third-order valence-corrected chi connectivity index (χ3v) is 3.17. The van der Waals surface area contributed by atoms with Gasteiger partial charge in [-0.2, -0.15) is 0 Å². The van der Waals surface area contributed by atoms with E-state index in [1.165, 1.54) is 4.57 Å². The molecule has 3 N–H and O–H groups in total. The lowest BCUT2D eigenvalue weighted by Gasteiger charge is -2.09. The Labute approximate surface area is 117 Å². The van der Waals surface area contributed by atoms with E-state index in [4.69, 9.17) is 26.8 Å². The van der Waals surface area contributed by atoms with Gasteiger partial charge in [0.15, 0.2) is 11.5 Å². The molecule has 7 nitrogen and oxygen atoms in total. The highest BCUT2D eigenvalue weighted by Gasteiger charge is 2.18. The second-order valence-electron chi connectivity index (χ2n) is 4.26. The summed E-state index contributed by atoms with van der Waals surface area (Å²) in [5, 5.41) is 0.394. The number of rotatable bonds is 2. The largest absolute Gasteiger partial charge is 0.454 e. The van der Waals surface area contributed by atoms with Gasteiger partial charge in [-0.1, -0.05) is 11.6 Å². The number of ether oxygens (including phenoxy) is 2.